The minimum absolute atomic E-state index is 0.218. The molecule has 0 spiro atoms. The summed E-state index contributed by atoms with van der Waals surface area (Å²) in [5.41, 5.74) is -0.718. The zero-order valence-electron chi connectivity index (χ0n) is 13.8. The molecule has 0 saturated carbocycles. The van der Waals surface area contributed by atoms with Crippen molar-refractivity contribution in [3.05, 3.63) is 0 Å². The SMILES string of the molecule is CC1(C)OB(C(C=N)C=NCCN2CCCC2)OC1(C)C. The normalized spacial score (nSPS) is 26.6. The molecule has 1 atom stereocenters. The molecule has 118 valence electrons. The van der Waals surface area contributed by atoms with Crippen LogP contribution in [0.15, 0.2) is 4.99 Å². The van der Waals surface area contributed by atoms with Crippen molar-refractivity contribution in [2.75, 3.05) is 26.2 Å². The lowest BCUT2D eigenvalue weighted by molar-refractivity contribution is 0.00578. The first kappa shape index (κ1) is 16.7. The van der Waals surface area contributed by atoms with E-state index in [1.807, 2.05) is 33.9 Å². The number of hydrogen-bond donors (Lipinski definition) is 1. The van der Waals surface area contributed by atoms with Crippen LogP contribution in [0, 0.1) is 5.41 Å². The van der Waals surface area contributed by atoms with Crippen LogP contribution in [0.1, 0.15) is 40.5 Å². The molecule has 0 aromatic carbocycles. The van der Waals surface area contributed by atoms with Crippen molar-refractivity contribution in [3.63, 3.8) is 0 Å². The van der Waals surface area contributed by atoms with E-state index in [4.69, 9.17) is 14.7 Å². The minimum atomic E-state index is -0.414. The molecule has 0 bridgehead atoms. The van der Waals surface area contributed by atoms with Gasteiger partial charge >= 0.3 is 7.12 Å². The molecule has 0 aromatic heterocycles. The van der Waals surface area contributed by atoms with Crippen molar-refractivity contribution >= 4 is 19.5 Å². The lowest BCUT2D eigenvalue weighted by Crippen LogP contribution is -2.41. The Hall–Kier alpha value is -0.715. The van der Waals surface area contributed by atoms with Gasteiger partial charge in [0.05, 0.1) is 23.6 Å². The lowest BCUT2D eigenvalue weighted by atomic mass is 9.73. The standard InChI is InChI=1S/C15H28BN3O2/c1-14(2)15(3,4)21-16(20-14)13(11-17)12-18-7-10-19-8-5-6-9-19/h11-13,17H,5-10H2,1-4H3. The number of likely N-dealkylation sites (tertiary alicyclic amines) is 1. The van der Waals surface area contributed by atoms with E-state index in [9.17, 15) is 0 Å². The molecule has 2 heterocycles. The Morgan fingerprint density at radius 3 is 2.29 bits per heavy atom. The molecule has 0 radical (unpaired) electrons. The van der Waals surface area contributed by atoms with Crippen LogP contribution in [0.3, 0.4) is 0 Å². The van der Waals surface area contributed by atoms with Crippen molar-refractivity contribution in [2.24, 2.45) is 4.99 Å². The summed E-state index contributed by atoms with van der Waals surface area (Å²) in [6.45, 7) is 12.3. The van der Waals surface area contributed by atoms with E-state index < -0.39 is 7.12 Å². The van der Waals surface area contributed by atoms with Crippen LogP contribution in [-0.2, 0) is 9.31 Å². The van der Waals surface area contributed by atoms with Gasteiger partial charge in [-0.3, -0.25) is 4.99 Å². The lowest BCUT2D eigenvalue weighted by Gasteiger charge is -2.32. The Labute approximate surface area is 128 Å². The zero-order valence-corrected chi connectivity index (χ0v) is 13.8. The van der Waals surface area contributed by atoms with Gasteiger partial charge in [0.25, 0.3) is 0 Å². The third-order valence-electron chi connectivity index (χ3n) is 4.80. The Bertz CT molecular complexity index is 376. The van der Waals surface area contributed by atoms with Crippen molar-refractivity contribution in [1.29, 1.82) is 5.41 Å². The van der Waals surface area contributed by atoms with Gasteiger partial charge in [-0.1, -0.05) is 0 Å². The first-order valence-corrected chi connectivity index (χ1v) is 7.94. The quantitative estimate of drug-likeness (QED) is 0.603. The van der Waals surface area contributed by atoms with Gasteiger partial charge in [0.2, 0.25) is 0 Å². The van der Waals surface area contributed by atoms with E-state index in [1.54, 1.807) is 0 Å². The van der Waals surface area contributed by atoms with E-state index in [0.717, 1.165) is 13.1 Å². The highest BCUT2D eigenvalue weighted by Gasteiger charge is 2.53. The largest absolute Gasteiger partial charge is 0.472 e. The van der Waals surface area contributed by atoms with Crippen LogP contribution in [0.25, 0.3) is 0 Å². The van der Waals surface area contributed by atoms with Crippen LogP contribution in [0.5, 0.6) is 0 Å². The second-order valence-corrected chi connectivity index (χ2v) is 6.97. The van der Waals surface area contributed by atoms with Crippen molar-refractivity contribution in [3.8, 4) is 0 Å². The van der Waals surface area contributed by atoms with Crippen LogP contribution >= 0.6 is 0 Å². The maximum Gasteiger partial charge on any atom is 0.472 e. The highest BCUT2D eigenvalue weighted by Crippen LogP contribution is 2.39. The molecule has 5 nitrogen and oxygen atoms in total. The first-order valence-electron chi connectivity index (χ1n) is 7.94. The molecular weight excluding hydrogens is 265 g/mol. The average molecular weight is 293 g/mol. The molecule has 2 aliphatic rings. The van der Waals surface area contributed by atoms with Crippen LogP contribution in [-0.4, -0.2) is 61.8 Å². The molecule has 2 fully saturated rings. The van der Waals surface area contributed by atoms with Gasteiger partial charge in [0.15, 0.2) is 0 Å². The predicted molar refractivity (Wildman–Crippen MR) is 87.6 cm³/mol. The highest BCUT2D eigenvalue weighted by atomic mass is 16.7. The number of aliphatic imine (C=N–C) groups is 1. The van der Waals surface area contributed by atoms with Gasteiger partial charge in [-0.05, 0) is 53.6 Å². The molecule has 0 amide bonds. The van der Waals surface area contributed by atoms with Gasteiger partial charge in [-0.15, -0.1) is 0 Å². The van der Waals surface area contributed by atoms with E-state index >= 15 is 0 Å². The molecule has 0 aliphatic carbocycles. The van der Waals surface area contributed by atoms with Crippen LogP contribution < -0.4 is 0 Å². The fourth-order valence-electron chi connectivity index (χ4n) is 2.64. The van der Waals surface area contributed by atoms with Crippen LogP contribution in [0.2, 0.25) is 5.82 Å². The number of nitrogens with one attached hydrogen (secondary N) is 1. The molecular formula is C15H28BN3O2. The average Bonchev–Trinajstić information content (AvgIpc) is 2.96. The molecule has 1 N–H and O–H groups in total. The first-order chi connectivity index (χ1) is 9.86. The summed E-state index contributed by atoms with van der Waals surface area (Å²) in [5.74, 6) is -0.218. The Morgan fingerprint density at radius 1 is 1.19 bits per heavy atom. The molecule has 1 unspecified atom stereocenters. The summed E-state index contributed by atoms with van der Waals surface area (Å²) >= 11 is 0. The Kier molecular flexibility index (Phi) is 5.22. The minimum Gasteiger partial charge on any atom is -0.403 e. The summed E-state index contributed by atoms with van der Waals surface area (Å²) in [4.78, 5) is 6.90. The fourth-order valence-corrected chi connectivity index (χ4v) is 2.64. The Morgan fingerprint density at radius 2 is 1.76 bits per heavy atom. The van der Waals surface area contributed by atoms with Gasteiger partial charge in [-0.25, -0.2) is 0 Å². The zero-order chi connectivity index (χ0) is 15.5. The molecule has 6 heteroatoms. The maximum atomic E-state index is 7.60. The van der Waals surface area contributed by atoms with Crippen molar-refractivity contribution < 1.29 is 9.31 Å². The number of hydrogen-bond acceptors (Lipinski definition) is 5. The third-order valence-corrected chi connectivity index (χ3v) is 4.80. The molecule has 2 rings (SSSR count). The summed E-state index contributed by atoms with van der Waals surface area (Å²) in [7, 11) is -0.414. The van der Waals surface area contributed by atoms with E-state index in [0.29, 0.717) is 0 Å². The third kappa shape index (κ3) is 3.93. The van der Waals surface area contributed by atoms with Crippen molar-refractivity contribution in [1.82, 2.24) is 4.90 Å². The number of rotatable bonds is 6. The summed E-state index contributed by atoms with van der Waals surface area (Å²) < 4.78 is 11.9. The molecule has 0 aromatic rings. The summed E-state index contributed by atoms with van der Waals surface area (Å²) in [6, 6.07) is 0. The monoisotopic (exact) mass is 293 g/mol. The second kappa shape index (κ2) is 6.59. The smallest absolute Gasteiger partial charge is 0.403 e. The summed E-state index contributed by atoms with van der Waals surface area (Å²) in [5, 5.41) is 7.60. The van der Waals surface area contributed by atoms with Gasteiger partial charge < -0.3 is 19.6 Å². The van der Waals surface area contributed by atoms with E-state index in [-0.39, 0.29) is 17.0 Å². The number of nitrogens with zero attached hydrogens (tertiary/aromatic N) is 2. The highest BCUT2D eigenvalue weighted by molar-refractivity contribution is 6.56. The fraction of sp³-hybridized carbons (Fsp3) is 0.867. The van der Waals surface area contributed by atoms with Gasteiger partial charge in [0.1, 0.15) is 0 Å². The van der Waals surface area contributed by atoms with Crippen LogP contribution in [0.4, 0.5) is 0 Å². The van der Waals surface area contributed by atoms with E-state index in [2.05, 4.69) is 9.89 Å². The summed E-state index contributed by atoms with van der Waals surface area (Å²) in [6.07, 6.45) is 5.79. The van der Waals surface area contributed by atoms with Crippen molar-refractivity contribution in [2.45, 2.75) is 57.6 Å². The molecule has 2 aliphatic heterocycles. The Balaban J connectivity index is 1.84. The molecule has 21 heavy (non-hydrogen) atoms. The predicted octanol–water partition coefficient (Wildman–Crippen LogP) is 2.26. The topological polar surface area (TPSA) is 57.9 Å². The van der Waals surface area contributed by atoms with E-state index in [1.165, 1.54) is 32.1 Å². The second-order valence-electron chi connectivity index (χ2n) is 6.97. The molecule has 2 saturated heterocycles. The maximum absolute atomic E-state index is 7.60. The van der Waals surface area contributed by atoms with Gasteiger partial charge in [-0.2, -0.15) is 0 Å². The van der Waals surface area contributed by atoms with Gasteiger partial charge in [0, 0.05) is 19.0 Å².